The molecule has 2 fully saturated rings. The van der Waals surface area contributed by atoms with Crippen LogP contribution in [-0.2, 0) is 9.84 Å². The fraction of sp³-hybridized carbons (Fsp3) is 0.632. The first-order chi connectivity index (χ1) is 12.4. The van der Waals surface area contributed by atoms with Gasteiger partial charge in [0.2, 0.25) is 0 Å². The second-order valence-corrected chi connectivity index (χ2v) is 9.90. The van der Waals surface area contributed by atoms with Crippen molar-refractivity contribution in [3.63, 3.8) is 0 Å². The van der Waals surface area contributed by atoms with Crippen LogP contribution in [0.5, 0.6) is 0 Å². The molecule has 0 amide bonds. The molecule has 0 spiro atoms. The fourth-order valence-corrected chi connectivity index (χ4v) is 5.44. The van der Waals surface area contributed by atoms with E-state index in [1.54, 1.807) is 0 Å². The highest BCUT2D eigenvalue weighted by atomic mass is 127. The van der Waals surface area contributed by atoms with E-state index in [-0.39, 0.29) is 41.7 Å². The second kappa shape index (κ2) is 9.95. The molecular weight excluding hydrogens is 475 g/mol. The highest BCUT2D eigenvalue weighted by Crippen LogP contribution is 2.20. The Kier molecular flexibility index (Phi) is 8.20. The van der Waals surface area contributed by atoms with Crippen molar-refractivity contribution in [2.75, 3.05) is 36.0 Å². The van der Waals surface area contributed by atoms with Crippen molar-refractivity contribution in [1.29, 1.82) is 0 Å². The lowest BCUT2D eigenvalue weighted by molar-refractivity contribution is 0.581. The summed E-state index contributed by atoms with van der Waals surface area (Å²) < 4.78 is 23.3. The van der Waals surface area contributed by atoms with Gasteiger partial charge in [0.25, 0.3) is 0 Å². The number of sulfone groups is 1. The van der Waals surface area contributed by atoms with E-state index >= 15 is 0 Å². The Hall–Kier alpha value is -1.03. The maximum absolute atomic E-state index is 11.6. The second-order valence-electron chi connectivity index (χ2n) is 7.67. The van der Waals surface area contributed by atoms with Crippen molar-refractivity contribution in [2.45, 2.75) is 38.8 Å². The molecule has 8 heteroatoms. The summed E-state index contributed by atoms with van der Waals surface area (Å²) >= 11 is 0. The summed E-state index contributed by atoms with van der Waals surface area (Å²) in [5.74, 6) is 1.53. The van der Waals surface area contributed by atoms with E-state index in [1.807, 2.05) is 6.07 Å². The standard InChI is InChI=1S/C19H30N4O2S.HI/c1-15(2)21-19(20-12-16-9-11-26(24,25)14-16)22-17-8-10-23(13-17)18-6-4-3-5-7-18;/h3-7,15-17H,8-14H2,1-2H3,(H2,20,21,22);1H. The third-order valence-corrected chi connectivity index (χ3v) is 6.75. The molecule has 2 heterocycles. The van der Waals surface area contributed by atoms with E-state index in [9.17, 15) is 8.42 Å². The Balaban J connectivity index is 0.00000261. The summed E-state index contributed by atoms with van der Waals surface area (Å²) in [6, 6.07) is 11.1. The number of aliphatic imine (C=N–C) groups is 1. The lowest BCUT2D eigenvalue weighted by Crippen LogP contribution is -2.47. The third-order valence-electron chi connectivity index (χ3n) is 4.91. The molecule has 2 aliphatic rings. The molecule has 6 nitrogen and oxygen atoms in total. The fourth-order valence-electron chi connectivity index (χ4n) is 3.59. The molecule has 2 atom stereocenters. The van der Waals surface area contributed by atoms with Crippen LogP contribution in [0.15, 0.2) is 35.3 Å². The normalized spacial score (nSPS) is 24.7. The van der Waals surface area contributed by atoms with Crippen LogP contribution in [-0.4, -0.2) is 57.6 Å². The van der Waals surface area contributed by atoms with E-state index in [0.29, 0.717) is 18.3 Å². The maximum Gasteiger partial charge on any atom is 0.191 e. The van der Waals surface area contributed by atoms with Crippen LogP contribution >= 0.6 is 24.0 Å². The number of guanidine groups is 1. The summed E-state index contributed by atoms with van der Waals surface area (Å²) in [6.07, 6.45) is 1.79. The summed E-state index contributed by atoms with van der Waals surface area (Å²) in [6.45, 7) is 6.71. The molecule has 0 radical (unpaired) electrons. The summed E-state index contributed by atoms with van der Waals surface area (Å²) in [5, 5.41) is 6.92. The summed E-state index contributed by atoms with van der Waals surface area (Å²) in [5.41, 5.74) is 1.25. The Morgan fingerprint density at radius 1 is 1.26 bits per heavy atom. The zero-order valence-electron chi connectivity index (χ0n) is 16.1. The van der Waals surface area contributed by atoms with Gasteiger partial charge >= 0.3 is 0 Å². The number of hydrogen-bond acceptors (Lipinski definition) is 4. The highest BCUT2D eigenvalue weighted by molar-refractivity contribution is 14.0. The Morgan fingerprint density at radius 3 is 2.63 bits per heavy atom. The summed E-state index contributed by atoms with van der Waals surface area (Å²) in [7, 11) is -2.84. The van der Waals surface area contributed by atoms with Gasteiger partial charge in [-0.15, -0.1) is 24.0 Å². The van der Waals surface area contributed by atoms with Gasteiger partial charge in [-0.3, -0.25) is 4.99 Å². The molecule has 1 aromatic carbocycles. The molecule has 0 saturated carbocycles. The van der Waals surface area contributed by atoms with E-state index < -0.39 is 9.84 Å². The van der Waals surface area contributed by atoms with Gasteiger partial charge in [-0.1, -0.05) is 18.2 Å². The average Bonchev–Trinajstić information content (AvgIpc) is 3.19. The Morgan fingerprint density at radius 2 is 2.00 bits per heavy atom. The monoisotopic (exact) mass is 506 g/mol. The van der Waals surface area contributed by atoms with E-state index in [0.717, 1.165) is 31.9 Å². The average molecular weight is 506 g/mol. The molecule has 2 unspecified atom stereocenters. The number of anilines is 1. The number of nitrogens with one attached hydrogen (secondary N) is 2. The van der Waals surface area contributed by atoms with E-state index in [4.69, 9.17) is 0 Å². The molecule has 0 bridgehead atoms. The number of rotatable bonds is 5. The van der Waals surface area contributed by atoms with Gasteiger partial charge in [0.1, 0.15) is 0 Å². The van der Waals surface area contributed by atoms with Crippen LogP contribution in [0.1, 0.15) is 26.7 Å². The largest absolute Gasteiger partial charge is 0.369 e. The minimum atomic E-state index is -2.84. The van der Waals surface area contributed by atoms with E-state index in [1.165, 1.54) is 5.69 Å². The maximum atomic E-state index is 11.6. The van der Waals surface area contributed by atoms with Gasteiger partial charge in [0.15, 0.2) is 15.8 Å². The van der Waals surface area contributed by atoms with E-state index in [2.05, 4.69) is 58.6 Å². The number of benzene rings is 1. The van der Waals surface area contributed by atoms with Crippen LogP contribution < -0.4 is 15.5 Å². The molecule has 1 aromatic rings. The molecule has 27 heavy (non-hydrogen) atoms. The smallest absolute Gasteiger partial charge is 0.191 e. The first kappa shape index (κ1) is 22.3. The van der Waals surface area contributed by atoms with Crippen LogP contribution in [0.2, 0.25) is 0 Å². The number of hydrogen-bond donors (Lipinski definition) is 2. The molecule has 3 rings (SSSR count). The Labute approximate surface area is 180 Å². The van der Waals surface area contributed by atoms with Gasteiger partial charge in [-0.05, 0) is 44.7 Å². The summed E-state index contributed by atoms with van der Waals surface area (Å²) in [4.78, 5) is 7.07. The van der Waals surface area contributed by atoms with Crippen molar-refractivity contribution in [3.05, 3.63) is 30.3 Å². The molecule has 0 aliphatic carbocycles. The predicted octanol–water partition coefficient (Wildman–Crippen LogP) is 2.26. The third kappa shape index (κ3) is 6.81. The van der Waals surface area contributed by atoms with Gasteiger partial charge in [-0.25, -0.2) is 8.42 Å². The SMILES string of the molecule is CC(C)NC(=NCC1CCS(=O)(=O)C1)NC1CCN(c2ccccc2)C1.I. The van der Waals surface area contributed by atoms with Crippen LogP contribution in [0, 0.1) is 5.92 Å². The number of halogens is 1. The van der Waals surface area contributed by atoms with Crippen molar-refractivity contribution < 1.29 is 8.42 Å². The lowest BCUT2D eigenvalue weighted by atomic mass is 10.1. The van der Waals surface area contributed by atoms with Crippen molar-refractivity contribution in [1.82, 2.24) is 10.6 Å². The van der Waals surface area contributed by atoms with Gasteiger partial charge in [0, 0.05) is 37.4 Å². The topological polar surface area (TPSA) is 73.8 Å². The lowest BCUT2D eigenvalue weighted by Gasteiger charge is -2.22. The van der Waals surface area contributed by atoms with Crippen LogP contribution in [0.3, 0.4) is 0 Å². The first-order valence-electron chi connectivity index (χ1n) is 9.49. The van der Waals surface area contributed by atoms with Crippen molar-refractivity contribution in [3.8, 4) is 0 Å². The van der Waals surface area contributed by atoms with Crippen LogP contribution in [0.4, 0.5) is 5.69 Å². The van der Waals surface area contributed by atoms with Gasteiger partial charge in [-0.2, -0.15) is 0 Å². The number of nitrogens with zero attached hydrogens (tertiary/aromatic N) is 2. The molecule has 0 aromatic heterocycles. The minimum Gasteiger partial charge on any atom is -0.369 e. The van der Waals surface area contributed by atoms with Crippen molar-refractivity contribution >= 4 is 45.5 Å². The molecule has 2 saturated heterocycles. The van der Waals surface area contributed by atoms with Gasteiger partial charge in [0.05, 0.1) is 11.5 Å². The predicted molar refractivity (Wildman–Crippen MR) is 123 cm³/mol. The molecule has 2 N–H and O–H groups in total. The zero-order valence-corrected chi connectivity index (χ0v) is 19.2. The Bertz CT molecular complexity index is 724. The minimum absolute atomic E-state index is 0. The first-order valence-corrected chi connectivity index (χ1v) is 11.3. The molecular formula is C19H31IN4O2S. The van der Waals surface area contributed by atoms with Crippen LogP contribution in [0.25, 0.3) is 0 Å². The molecule has 152 valence electrons. The number of para-hydroxylation sites is 1. The quantitative estimate of drug-likeness (QED) is 0.364. The van der Waals surface area contributed by atoms with Gasteiger partial charge < -0.3 is 15.5 Å². The molecule has 2 aliphatic heterocycles. The zero-order chi connectivity index (χ0) is 18.6. The highest BCUT2D eigenvalue weighted by Gasteiger charge is 2.28. The van der Waals surface area contributed by atoms with Crippen molar-refractivity contribution in [2.24, 2.45) is 10.9 Å².